The molecule has 130 valence electrons. The molecule has 0 aliphatic carbocycles. The van der Waals surface area contributed by atoms with E-state index < -0.39 is 0 Å². The molecule has 1 unspecified atom stereocenters. The number of para-hydroxylation sites is 2. The predicted molar refractivity (Wildman–Crippen MR) is 97.3 cm³/mol. The zero-order valence-corrected chi connectivity index (χ0v) is 15.4. The molecule has 3 rings (SSSR count). The maximum Gasteiger partial charge on any atom is 0.230 e. The maximum absolute atomic E-state index is 12.2. The number of aromatic nitrogens is 4. The van der Waals surface area contributed by atoms with Crippen LogP contribution in [0.4, 0.5) is 0 Å². The Labute approximate surface area is 153 Å². The topological polar surface area (TPSA) is 81.9 Å². The Hall–Kier alpha value is -2.39. The molecule has 1 atom stereocenters. The van der Waals surface area contributed by atoms with E-state index in [1.807, 2.05) is 48.7 Å². The third-order valence-electron chi connectivity index (χ3n) is 3.43. The molecule has 9 heteroatoms. The van der Waals surface area contributed by atoms with Gasteiger partial charge in [0.2, 0.25) is 11.1 Å². The number of tetrazole rings is 1. The van der Waals surface area contributed by atoms with E-state index in [-0.39, 0.29) is 17.7 Å². The van der Waals surface area contributed by atoms with Gasteiger partial charge in [0.05, 0.1) is 18.9 Å². The lowest BCUT2D eigenvalue weighted by atomic mass is 10.3. The lowest BCUT2D eigenvalue weighted by molar-refractivity contribution is -0.119. The molecule has 0 bridgehead atoms. The smallest absolute Gasteiger partial charge is 0.230 e. The van der Waals surface area contributed by atoms with Crippen LogP contribution >= 0.6 is 23.1 Å². The molecule has 0 saturated heterocycles. The summed E-state index contributed by atoms with van der Waals surface area (Å²) < 4.78 is 6.91. The van der Waals surface area contributed by atoms with Crippen LogP contribution < -0.4 is 10.1 Å². The van der Waals surface area contributed by atoms with Crippen LogP contribution in [0.3, 0.4) is 0 Å². The number of carbonyl (C=O) groups is 1. The SMILES string of the molecule is COc1ccccc1-n1nnnc1SCC(=O)NC(C)c1cccs1. The van der Waals surface area contributed by atoms with Crippen molar-refractivity contribution in [2.45, 2.75) is 18.1 Å². The van der Waals surface area contributed by atoms with Gasteiger partial charge >= 0.3 is 0 Å². The van der Waals surface area contributed by atoms with E-state index in [2.05, 4.69) is 20.8 Å². The van der Waals surface area contributed by atoms with Crippen molar-refractivity contribution in [2.75, 3.05) is 12.9 Å². The number of carbonyl (C=O) groups excluding carboxylic acids is 1. The summed E-state index contributed by atoms with van der Waals surface area (Å²) in [7, 11) is 1.59. The Morgan fingerprint density at radius 2 is 2.20 bits per heavy atom. The van der Waals surface area contributed by atoms with Gasteiger partial charge in [0.25, 0.3) is 0 Å². The number of benzene rings is 1. The number of thiophene rings is 1. The van der Waals surface area contributed by atoms with E-state index in [1.165, 1.54) is 11.8 Å². The Kier molecular flexibility index (Phi) is 5.67. The van der Waals surface area contributed by atoms with Gasteiger partial charge in [-0.25, -0.2) is 0 Å². The van der Waals surface area contributed by atoms with Crippen LogP contribution in [0.1, 0.15) is 17.8 Å². The number of hydrogen-bond donors (Lipinski definition) is 1. The highest BCUT2D eigenvalue weighted by Crippen LogP contribution is 2.25. The van der Waals surface area contributed by atoms with E-state index in [0.29, 0.717) is 10.9 Å². The van der Waals surface area contributed by atoms with Crippen LogP contribution in [-0.2, 0) is 4.79 Å². The van der Waals surface area contributed by atoms with Gasteiger partial charge in [-0.05, 0) is 40.9 Å². The average molecular weight is 375 g/mol. The van der Waals surface area contributed by atoms with Gasteiger partial charge in [0.15, 0.2) is 0 Å². The molecular formula is C16H17N5O2S2. The normalized spacial score (nSPS) is 11.9. The second kappa shape index (κ2) is 8.13. The highest BCUT2D eigenvalue weighted by atomic mass is 32.2. The Morgan fingerprint density at radius 3 is 2.96 bits per heavy atom. The highest BCUT2D eigenvalue weighted by molar-refractivity contribution is 7.99. The third-order valence-corrected chi connectivity index (χ3v) is 5.41. The zero-order chi connectivity index (χ0) is 17.6. The van der Waals surface area contributed by atoms with Gasteiger partial charge in [-0.2, -0.15) is 4.68 Å². The van der Waals surface area contributed by atoms with Gasteiger partial charge in [-0.15, -0.1) is 16.4 Å². The fourth-order valence-electron chi connectivity index (χ4n) is 2.25. The van der Waals surface area contributed by atoms with Crippen molar-refractivity contribution in [2.24, 2.45) is 0 Å². The lowest BCUT2D eigenvalue weighted by Gasteiger charge is -2.12. The summed E-state index contributed by atoms with van der Waals surface area (Å²) >= 11 is 2.90. The predicted octanol–water partition coefficient (Wildman–Crippen LogP) is 2.70. The minimum absolute atomic E-state index is 0.0155. The molecule has 0 fully saturated rings. The van der Waals surface area contributed by atoms with Gasteiger partial charge in [0.1, 0.15) is 11.4 Å². The van der Waals surface area contributed by atoms with Gasteiger partial charge < -0.3 is 10.1 Å². The van der Waals surface area contributed by atoms with Crippen LogP contribution in [0.25, 0.3) is 5.69 Å². The molecule has 2 aromatic heterocycles. The van der Waals surface area contributed by atoms with Crippen LogP contribution in [0.2, 0.25) is 0 Å². The number of ether oxygens (including phenoxy) is 1. The van der Waals surface area contributed by atoms with Crippen molar-refractivity contribution >= 4 is 29.0 Å². The molecule has 25 heavy (non-hydrogen) atoms. The molecule has 1 amide bonds. The summed E-state index contributed by atoms with van der Waals surface area (Å²) in [5, 5.41) is 17.2. The van der Waals surface area contributed by atoms with E-state index in [9.17, 15) is 4.79 Å². The van der Waals surface area contributed by atoms with Crippen molar-refractivity contribution in [1.82, 2.24) is 25.5 Å². The summed E-state index contributed by atoms with van der Waals surface area (Å²) in [5.74, 6) is 0.818. The molecule has 0 radical (unpaired) electrons. The Balaban J connectivity index is 1.65. The number of nitrogens with one attached hydrogen (secondary N) is 1. The fourth-order valence-corrected chi connectivity index (χ4v) is 3.68. The largest absolute Gasteiger partial charge is 0.494 e. The van der Waals surface area contributed by atoms with E-state index in [4.69, 9.17) is 4.74 Å². The molecule has 3 aromatic rings. The average Bonchev–Trinajstić information content (AvgIpc) is 3.31. The summed E-state index contributed by atoms with van der Waals surface area (Å²) in [5.41, 5.74) is 0.727. The Morgan fingerprint density at radius 1 is 1.36 bits per heavy atom. The summed E-state index contributed by atoms with van der Waals surface area (Å²) in [6.45, 7) is 1.97. The standard InChI is InChI=1S/C16H17N5O2S2/c1-11(14-8-5-9-24-14)17-15(22)10-25-16-18-19-20-21(16)12-6-3-4-7-13(12)23-2/h3-9,11H,10H2,1-2H3,(H,17,22). The number of nitrogens with zero attached hydrogens (tertiary/aromatic N) is 4. The number of rotatable bonds is 7. The minimum atomic E-state index is -0.0690. The number of thioether (sulfide) groups is 1. The zero-order valence-electron chi connectivity index (χ0n) is 13.7. The van der Waals surface area contributed by atoms with Crippen LogP contribution in [0, 0.1) is 0 Å². The molecule has 1 aromatic carbocycles. The molecule has 0 aliphatic heterocycles. The molecule has 1 N–H and O–H groups in total. The lowest BCUT2D eigenvalue weighted by Crippen LogP contribution is -2.27. The molecule has 2 heterocycles. The number of methoxy groups -OCH3 is 1. The summed E-state index contributed by atoms with van der Waals surface area (Å²) in [4.78, 5) is 13.3. The van der Waals surface area contributed by atoms with Crippen molar-refractivity contribution in [3.8, 4) is 11.4 Å². The molecule has 0 saturated carbocycles. The second-order valence-corrected chi connectivity index (χ2v) is 7.06. The third kappa shape index (κ3) is 4.18. The maximum atomic E-state index is 12.2. The first-order chi connectivity index (χ1) is 12.2. The van der Waals surface area contributed by atoms with Crippen LogP contribution in [-0.4, -0.2) is 39.0 Å². The molecule has 0 aliphatic rings. The minimum Gasteiger partial charge on any atom is -0.494 e. The Bertz CT molecular complexity index is 835. The van der Waals surface area contributed by atoms with Crippen LogP contribution in [0.15, 0.2) is 46.9 Å². The first kappa shape index (κ1) is 17.4. The molecular weight excluding hydrogens is 358 g/mol. The van der Waals surface area contributed by atoms with Gasteiger partial charge in [-0.3, -0.25) is 4.79 Å². The quantitative estimate of drug-likeness (QED) is 0.640. The van der Waals surface area contributed by atoms with E-state index in [1.54, 1.807) is 23.1 Å². The first-order valence-corrected chi connectivity index (χ1v) is 9.43. The van der Waals surface area contributed by atoms with Crippen molar-refractivity contribution in [3.63, 3.8) is 0 Å². The monoisotopic (exact) mass is 375 g/mol. The second-order valence-electron chi connectivity index (χ2n) is 5.14. The fraction of sp³-hybridized carbons (Fsp3) is 0.250. The first-order valence-electron chi connectivity index (χ1n) is 7.56. The van der Waals surface area contributed by atoms with Crippen LogP contribution in [0.5, 0.6) is 5.75 Å². The highest BCUT2D eigenvalue weighted by Gasteiger charge is 2.16. The summed E-state index contributed by atoms with van der Waals surface area (Å²) in [6, 6.07) is 11.4. The molecule has 0 spiro atoms. The van der Waals surface area contributed by atoms with Gasteiger partial charge in [0, 0.05) is 4.88 Å². The van der Waals surface area contributed by atoms with E-state index >= 15 is 0 Å². The molecule has 7 nitrogen and oxygen atoms in total. The summed E-state index contributed by atoms with van der Waals surface area (Å²) in [6.07, 6.45) is 0. The number of hydrogen-bond acceptors (Lipinski definition) is 7. The number of amides is 1. The van der Waals surface area contributed by atoms with Crippen molar-refractivity contribution in [1.29, 1.82) is 0 Å². The van der Waals surface area contributed by atoms with Crippen molar-refractivity contribution in [3.05, 3.63) is 46.7 Å². The van der Waals surface area contributed by atoms with E-state index in [0.717, 1.165) is 10.6 Å². The van der Waals surface area contributed by atoms with Gasteiger partial charge in [-0.1, -0.05) is 30.0 Å². The van der Waals surface area contributed by atoms with Crippen molar-refractivity contribution < 1.29 is 9.53 Å².